The summed E-state index contributed by atoms with van der Waals surface area (Å²) in [4.78, 5) is 11.4. The third-order valence-electron chi connectivity index (χ3n) is 3.72. The van der Waals surface area contributed by atoms with E-state index in [2.05, 4.69) is 0 Å². The van der Waals surface area contributed by atoms with E-state index in [1.54, 1.807) is 0 Å². The van der Waals surface area contributed by atoms with Gasteiger partial charge in [-0.25, -0.2) is 4.39 Å². The van der Waals surface area contributed by atoms with Crippen molar-refractivity contribution in [3.63, 3.8) is 0 Å². The van der Waals surface area contributed by atoms with E-state index in [9.17, 15) is 14.3 Å². The normalized spacial score (nSPS) is 12.0. The Hall–Kier alpha value is -2.36. The van der Waals surface area contributed by atoms with Crippen molar-refractivity contribution in [1.82, 2.24) is 0 Å². The molecule has 2 aromatic rings. The van der Waals surface area contributed by atoms with E-state index in [0.29, 0.717) is 12.0 Å². The van der Waals surface area contributed by atoms with Gasteiger partial charge >= 0.3 is 5.97 Å². The van der Waals surface area contributed by atoms with Crippen molar-refractivity contribution in [2.24, 2.45) is 0 Å². The summed E-state index contributed by atoms with van der Waals surface area (Å²) in [5.41, 5.74) is 2.89. The lowest BCUT2D eigenvalue weighted by atomic mass is 9.96. The van der Waals surface area contributed by atoms with Crippen LogP contribution < -0.4 is 4.74 Å². The number of ether oxygens (including phenoxy) is 1. The van der Waals surface area contributed by atoms with Gasteiger partial charge in [0, 0.05) is 0 Å². The first kappa shape index (κ1) is 16.0. The largest absolute Gasteiger partial charge is 0.494 e. The molecule has 0 saturated heterocycles. The summed E-state index contributed by atoms with van der Waals surface area (Å²) in [5.74, 6) is -1.28. The number of carboxylic acids is 1. The van der Waals surface area contributed by atoms with Gasteiger partial charge in [-0.1, -0.05) is 18.2 Å². The maximum absolute atomic E-state index is 12.9. The van der Waals surface area contributed by atoms with Gasteiger partial charge in [0.05, 0.1) is 12.5 Å². The molecule has 116 valence electrons. The number of aryl methyl sites for hydroxylation is 2. The molecule has 0 radical (unpaired) electrons. The van der Waals surface area contributed by atoms with E-state index < -0.39 is 11.9 Å². The van der Waals surface area contributed by atoms with E-state index in [4.69, 9.17) is 4.74 Å². The molecule has 2 aromatic carbocycles. The van der Waals surface area contributed by atoms with Gasteiger partial charge in [0.2, 0.25) is 0 Å². The molecule has 0 fully saturated rings. The fraction of sp³-hybridized carbons (Fsp3) is 0.278. The van der Waals surface area contributed by atoms with E-state index in [0.717, 1.165) is 11.3 Å². The third kappa shape index (κ3) is 4.07. The van der Waals surface area contributed by atoms with Crippen LogP contribution in [0.4, 0.5) is 4.39 Å². The Balaban J connectivity index is 1.99. The lowest BCUT2D eigenvalue weighted by Crippen LogP contribution is -2.15. The SMILES string of the molecule is Cc1ccc(OCCC(C(=O)O)c2ccc(F)cc2)cc1C. The van der Waals surface area contributed by atoms with Crippen molar-refractivity contribution in [3.8, 4) is 5.75 Å². The van der Waals surface area contributed by atoms with Gasteiger partial charge in [-0.2, -0.15) is 0 Å². The average molecular weight is 302 g/mol. The smallest absolute Gasteiger partial charge is 0.311 e. The molecule has 0 bridgehead atoms. The second kappa shape index (κ2) is 7.07. The summed E-state index contributed by atoms with van der Waals surface area (Å²) in [7, 11) is 0. The minimum atomic E-state index is -0.935. The van der Waals surface area contributed by atoms with Crippen LogP contribution in [0.3, 0.4) is 0 Å². The molecule has 0 aromatic heterocycles. The van der Waals surface area contributed by atoms with Crippen LogP contribution in [0.15, 0.2) is 42.5 Å². The zero-order valence-electron chi connectivity index (χ0n) is 12.7. The van der Waals surface area contributed by atoms with Gasteiger partial charge in [-0.15, -0.1) is 0 Å². The third-order valence-corrected chi connectivity index (χ3v) is 3.72. The zero-order valence-corrected chi connectivity index (χ0v) is 12.7. The van der Waals surface area contributed by atoms with Gasteiger partial charge < -0.3 is 9.84 Å². The summed E-state index contributed by atoms with van der Waals surface area (Å²) >= 11 is 0. The lowest BCUT2D eigenvalue weighted by molar-refractivity contribution is -0.139. The quantitative estimate of drug-likeness (QED) is 0.874. The Morgan fingerprint density at radius 1 is 1.14 bits per heavy atom. The highest BCUT2D eigenvalue weighted by molar-refractivity contribution is 5.76. The molecule has 1 atom stereocenters. The maximum Gasteiger partial charge on any atom is 0.311 e. The Labute approximate surface area is 129 Å². The Morgan fingerprint density at radius 3 is 2.41 bits per heavy atom. The van der Waals surface area contributed by atoms with Gasteiger partial charge in [-0.05, 0) is 61.2 Å². The van der Waals surface area contributed by atoms with Gasteiger partial charge in [0.15, 0.2) is 0 Å². The highest BCUT2D eigenvalue weighted by atomic mass is 19.1. The Bertz CT molecular complexity index is 650. The molecule has 3 nitrogen and oxygen atoms in total. The van der Waals surface area contributed by atoms with E-state index in [1.165, 1.54) is 29.8 Å². The second-order valence-electron chi connectivity index (χ2n) is 5.33. The van der Waals surface area contributed by atoms with Gasteiger partial charge in [0.25, 0.3) is 0 Å². The molecule has 0 aliphatic rings. The van der Waals surface area contributed by atoms with Crippen LogP contribution in [-0.2, 0) is 4.79 Å². The van der Waals surface area contributed by atoms with E-state index in [-0.39, 0.29) is 12.4 Å². The highest BCUT2D eigenvalue weighted by Crippen LogP contribution is 2.22. The summed E-state index contributed by atoms with van der Waals surface area (Å²) in [6.45, 7) is 4.31. The Kier molecular flexibility index (Phi) is 5.15. The topological polar surface area (TPSA) is 46.5 Å². The van der Waals surface area contributed by atoms with Gasteiger partial charge in [0.1, 0.15) is 11.6 Å². The van der Waals surface area contributed by atoms with Crippen molar-refractivity contribution < 1.29 is 19.0 Å². The van der Waals surface area contributed by atoms with Crippen molar-refractivity contribution in [3.05, 3.63) is 65.0 Å². The predicted molar refractivity (Wildman–Crippen MR) is 82.8 cm³/mol. The van der Waals surface area contributed by atoms with Crippen LogP contribution >= 0.6 is 0 Å². The predicted octanol–water partition coefficient (Wildman–Crippen LogP) is 4.08. The molecular weight excluding hydrogens is 283 g/mol. The molecular formula is C18H19FO3. The molecule has 2 rings (SSSR count). The maximum atomic E-state index is 12.9. The lowest BCUT2D eigenvalue weighted by Gasteiger charge is -2.14. The molecule has 1 unspecified atom stereocenters. The first-order chi connectivity index (χ1) is 10.5. The first-order valence-corrected chi connectivity index (χ1v) is 7.15. The van der Waals surface area contributed by atoms with Crippen molar-refractivity contribution in [2.75, 3.05) is 6.61 Å². The van der Waals surface area contributed by atoms with E-state index in [1.807, 2.05) is 32.0 Å². The Morgan fingerprint density at radius 2 is 1.82 bits per heavy atom. The number of benzene rings is 2. The number of aliphatic carboxylic acids is 1. The van der Waals surface area contributed by atoms with Crippen LogP contribution in [0.25, 0.3) is 0 Å². The molecule has 0 saturated carbocycles. The molecule has 0 aliphatic heterocycles. The molecule has 0 amide bonds. The van der Waals surface area contributed by atoms with Crippen LogP contribution in [0.5, 0.6) is 5.75 Å². The second-order valence-corrected chi connectivity index (χ2v) is 5.33. The molecule has 0 spiro atoms. The standard InChI is InChI=1S/C18H19FO3/c1-12-3-8-16(11-13(12)2)22-10-9-17(18(20)21)14-4-6-15(19)7-5-14/h3-8,11,17H,9-10H2,1-2H3,(H,20,21). The van der Waals surface area contributed by atoms with Crippen molar-refractivity contribution in [2.45, 2.75) is 26.2 Å². The van der Waals surface area contributed by atoms with Crippen molar-refractivity contribution >= 4 is 5.97 Å². The fourth-order valence-electron chi connectivity index (χ4n) is 2.23. The molecule has 0 aliphatic carbocycles. The van der Waals surface area contributed by atoms with Crippen LogP contribution in [0, 0.1) is 19.7 Å². The number of hydrogen-bond acceptors (Lipinski definition) is 2. The molecule has 0 heterocycles. The summed E-state index contributed by atoms with van der Waals surface area (Å²) in [5, 5.41) is 9.32. The van der Waals surface area contributed by atoms with Crippen LogP contribution in [0.2, 0.25) is 0 Å². The summed E-state index contributed by atoms with van der Waals surface area (Å²) in [6, 6.07) is 11.3. The number of hydrogen-bond donors (Lipinski definition) is 1. The number of carboxylic acid groups (broad SMARTS) is 1. The van der Waals surface area contributed by atoms with Crippen LogP contribution in [-0.4, -0.2) is 17.7 Å². The number of halogens is 1. The number of rotatable bonds is 6. The molecule has 4 heteroatoms. The minimum Gasteiger partial charge on any atom is -0.494 e. The minimum absolute atomic E-state index is 0.289. The summed E-state index contributed by atoms with van der Waals surface area (Å²) < 4.78 is 18.6. The molecule has 22 heavy (non-hydrogen) atoms. The van der Waals surface area contributed by atoms with Crippen LogP contribution in [0.1, 0.15) is 29.0 Å². The van der Waals surface area contributed by atoms with E-state index >= 15 is 0 Å². The first-order valence-electron chi connectivity index (χ1n) is 7.15. The number of carbonyl (C=O) groups is 1. The monoisotopic (exact) mass is 302 g/mol. The fourth-order valence-corrected chi connectivity index (χ4v) is 2.23. The summed E-state index contributed by atoms with van der Waals surface area (Å²) in [6.07, 6.45) is 0.327. The van der Waals surface area contributed by atoms with Crippen molar-refractivity contribution in [1.29, 1.82) is 0 Å². The highest BCUT2D eigenvalue weighted by Gasteiger charge is 2.19. The zero-order chi connectivity index (χ0) is 16.1. The molecule has 1 N–H and O–H groups in total. The average Bonchev–Trinajstić information content (AvgIpc) is 2.48. The van der Waals surface area contributed by atoms with Gasteiger partial charge in [-0.3, -0.25) is 4.79 Å².